The summed E-state index contributed by atoms with van der Waals surface area (Å²) in [5.41, 5.74) is 2.48. The molecule has 2 aliphatic carbocycles. The average molecular weight is 433 g/mol. The highest BCUT2D eigenvalue weighted by Gasteiger charge is 2.42. The molecule has 6 nitrogen and oxygen atoms in total. The molecule has 164 valence electrons. The van der Waals surface area contributed by atoms with Crippen LogP contribution < -0.4 is 0 Å². The number of aryl methyl sites for hydroxylation is 2. The van der Waals surface area contributed by atoms with Crippen LogP contribution in [0.25, 0.3) is 0 Å². The first-order chi connectivity index (χ1) is 14.5. The number of sulfonamides is 1. The number of hydrogen-bond acceptors (Lipinski definition) is 4. The Morgan fingerprint density at radius 3 is 2.30 bits per heavy atom. The van der Waals surface area contributed by atoms with Gasteiger partial charge in [0.2, 0.25) is 15.9 Å². The zero-order chi connectivity index (χ0) is 20.7. The molecule has 7 heteroatoms. The van der Waals surface area contributed by atoms with Crippen LogP contribution in [0.2, 0.25) is 0 Å². The monoisotopic (exact) mass is 432 g/mol. The average Bonchev–Trinajstić information content (AvgIpc) is 3.52. The summed E-state index contributed by atoms with van der Waals surface area (Å²) in [7, 11) is -3.47. The molecule has 4 aliphatic rings. The molecule has 0 unspecified atom stereocenters. The number of carbonyl (C=O) groups excluding carboxylic acids is 1. The number of hydrogen-bond donors (Lipinski definition) is 0. The van der Waals surface area contributed by atoms with Crippen molar-refractivity contribution in [1.82, 2.24) is 9.21 Å². The third-order valence-corrected chi connectivity index (χ3v) is 9.18. The van der Waals surface area contributed by atoms with Crippen molar-refractivity contribution in [3.63, 3.8) is 0 Å². The second kappa shape index (κ2) is 8.24. The van der Waals surface area contributed by atoms with Gasteiger partial charge in [-0.1, -0.05) is 6.07 Å². The summed E-state index contributed by atoms with van der Waals surface area (Å²) in [6, 6.07) is 6.04. The van der Waals surface area contributed by atoms with Crippen molar-refractivity contribution < 1.29 is 17.9 Å². The van der Waals surface area contributed by atoms with Crippen molar-refractivity contribution in [1.29, 1.82) is 0 Å². The lowest BCUT2D eigenvalue weighted by Gasteiger charge is -2.43. The van der Waals surface area contributed by atoms with Crippen molar-refractivity contribution in [3.05, 3.63) is 29.3 Å². The molecule has 0 spiro atoms. The van der Waals surface area contributed by atoms with Gasteiger partial charge in [0.15, 0.2) is 0 Å². The van der Waals surface area contributed by atoms with Gasteiger partial charge >= 0.3 is 0 Å². The molecule has 1 amide bonds. The van der Waals surface area contributed by atoms with Crippen molar-refractivity contribution in [3.8, 4) is 0 Å². The molecule has 0 N–H and O–H groups in total. The fourth-order valence-electron chi connectivity index (χ4n) is 5.38. The summed E-state index contributed by atoms with van der Waals surface area (Å²) < 4.78 is 33.6. The molecular weight excluding hydrogens is 400 g/mol. The maximum atomic E-state index is 13.2. The highest BCUT2D eigenvalue weighted by molar-refractivity contribution is 7.89. The topological polar surface area (TPSA) is 66.9 Å². The molecule has 1 saturated carbocycles. The van der Waals surface area contributed by atoms with E-state index in [1.54, 1.807) is 10.4 Å². The third-order valence-electron chi connectivity index (χ3n) is 7.29. The van der Waals surface area contributed by atoms with Crippen molar-refractivity contribution in [2.75, 3.05) is 26.3 Å². The number of benzene rings is 1. The number of rotatable bonds is 5. The Kier molecular flexibility index (Phi) is 5.62. The zero-order valence-corrected chi connectivity index (χ0v) is 18.4. The molecule has 2 saturated heterocycles. The van der Waals surface area contributed by atoms with Gasteiger partial charge in [0.05, 0.1) is 4.90 Å². The van der Waals surface area contributed by atoms with E-state index in [1.807, 2.05) is 12.1 Å². The summed E-state index contributed by atoms with van der Waals surface area (Å²) in [4.78, 5) is 15.6. The minimum Gasteiger partial charge on any atom is -0.381 e. The van der Waals surface area contributed by atoms with Crippen LogP contribution in [-0.4, -0.2) is 61.9 Å². The van der Waals surface area contributed by atoms with Crippen LogP contribution in [0.5, 0.6) is 0 Å². The first-order valence-corrected chi connectivity index (χ1v) is 13.0. The molecule has 0 aromatic heterocycles. The molecule has 1 aromatic carbocycles. The van der Waals surface area contributed by atoms with Gasteiger partial charge in [0.1, 0.15) is 0 Å². The predicted molar refractivity (Wildman–Crippen MR) is 114 cm³/mol. The number of nitrogens with zero attached hydrogens (tertiary/aromatic N) is 2. The Labute approximate surface area is 179 Å². The van der Waals surface area contributed by atoms with E-state index in [2.05, 4.69) is 4.90 Å². The Morgan fingerprint density at radius 1 is 0.933 bits per heavy atom. The zero-order valence-electron chi connectivity index (χ0n) is 17.6. The number of piperidine rings is 1. The minimum absolute atomic E-state index is 0.146. The minimum atomic E-state index is -3.47. The second-order valence-corrected chi connectivity index (χ2v) is 11.2. The normalized spacial score (nSPS) is 24.0. The largest absolute Gasteiger partial charge is 0.381 e. The third kappa shape index (κ3) is 3.92. The van der Waals surface area contributed by atoms with Crippen LogP contribution >= 0.6 is 0 Å². The van der Waals surface area contributed by atoms with Gasteiger partial charge in [-0.3, -0.25) is 4.79 Å². The second-order valence-electron chi connectivity index (χ2n) is 9.28. The number of fused-ring (bicyclic) bond motifs is 1. The van der Waals surface area contributed by atoms with Crippen LogP contribution in [0.15, 0.2) is 23.1 Å². The first-order valence-electron chi connectivity index (χ1n) is 11.6. The van der Waals surface area contributed by atoms with Crippen molar-refractivity contribution in [2.24, 2.45) is 5.92 Å². The Balaban J connectivity index is 1.29. The molecular formula is C23H32N2O4S. The molecule has 1 aromatic rings. The van der Waals surface area contributed by atoms with Gasteiger partial charge < -0.3 is 9.64 Å². The van der Waals surface area contributed by atoms with Gasteiger partial charge in [0, 0.05) is 44.3 Å². The molecule has 0 atom stereocenters. The smallest absolute Gasteiger partial charge is 0.243 e. The highest BCUT2D eigenvalue weighted by Crippen LogP contribution is 2.36. The summed E-state index contributed by atoms with van der Waals surface area (Å²) in [5.74, 6) is 0.489. The van der Waals surface area contributed by atoms with E-state index in [4.69, 9.17) is 4.74 Å². The Morgan fingerprint density at radius 2 is 1.60 bits per heavy atom. The highest BCUT2D eigenvalue weighted by atomic mass is 32.2. The number of carbonyl (C=O) groups is 1. The molecule has 30 heavy (non-hydrogen) atoms. The predicted octanol–water partition coefficient (Wildman–Crippen LogP) is 2.75. The maximum Gasteiger partial charge on any atom is 0.243 e. The Hall–Kier alpha value is -1.44. The van der Waals surface area contributed by atoms with E-state index < -0.39 is 10.0 Å². The van der Waals surface area contributed by atoms with E-state index in [0.29, 0.717) is 37.1 Å². The lowest BCUT2D eigenvalue weighted by atomic mass is 9.98. The lowest BCUT2D eigenvalue weighted by molar-refractivity contribution is -0.141. The molecule has 0 bridgehead atoms. The lowest BCUT2D eigenvalue weighted by Crippen LogP contribution is -2.54. The van der Waals surface area contributed by atoms with E-state index in [1.165, 1.54) is 11.1 Å². The van der Waals surface area contributed by atoms with E-state index >= 15 is 0 Å². The molecule has 2 heterocycles. The van der Waals surface area contributed by atoms with Crippen molar-refractivity contribution in [2.45, 2.75) is 74.8 Å². The molecule has 0 radical (unpaired) electrons. The molecule has 2 aliphatic heterocycles. The maximum absolute atomic E-state index is 13.2. The molecule has 3 fully saturated rings. The van der Waals surface area contributed by atoms with Gasteiger partial charge in [-0.15, -0.1) is 0 Å². The van der Waals surface area contributed by atoms with E-state index in [0.717, 1.165) is 57.8 Å². The van der Waals surface area contributed by atoms with Crippen LogP contribution in [0.1, 0.15) is 56.1 Å². The van der Waals surface area contributed by atoms with Gasteiger partial charge in [0.25, 0.3) is 0 Å². The first kappa shape index (κ1) is 20.5. The number of ether oxygens (including phenoxy) is 1. The van der Waals surface area contributed by atoms with Gasteiger partial charge in [-0.25, -0.2) is 8.42 Å². The summed E-state index contributed by atoms with van der Waals surface area (Å²) in [6.07, 6.45) is 8.38. The Bertz CT molecular complexity index is 898. The van der Waals surface area contributed by atoms with E-state index in [9.17, 15) is 13.2 Å². The summed E-state index contributed by atoms with van der Waals surface area (Å²) in [6.45, 7) is 2.40. The summed E-state index contributed by atoms with van der Waals surface area (Å²) >= 11 is 0. The quantitative estimate of drug-likeness (QED) is 0.718. The summed E-state index contributed by atoms with van der Waals surface area (Å²) in [5, 5.41) is 0. The SMILES string of the molecule is O=C(C1CC1)N(C1CCOCC1)C1CCN(S(=O)(=O)c2ccc3c(c2)CCC3)CC1. The van der Waals surface area contributed by atoms with Crippen LogP contribution in [0.3, 0.4) is 0 Å². The van der Waals surface area contributed by atoms with Gasteiger partial charge in [-0.05, 0) is 81.0 Å². The van der Waals surface area contributed by atoms with Crippen molar-refractivity contribution >= 4 is 15.9 Å². The van der Waals surface area contributed by atoms with Gasteiger partial charge in [-0.2, -0.15) is 4.31 Å². The number of amides is 1. The van der Waals surface area contributed by atoms with E-state index in [-0.39, 0.29) is 18.0 Å². The standard InChI is InChI=1S/C23H32N2O4S/c26-23(18-4-5-18)25(21-10-14-29-15-11-21)20-8-12-24(13-9-20)30(27,28)22-7-6-17-2-1-3-19(17)16-22/h6-7,16,18,20-21H,1-5,8-15H2. The van der Waals surface area contributed by atoms with Crippen LogP contribution in [-0.2, 0) is 32.4 Å². The van der Waals surface area contributed by atoms with Crippen LogP contribution in [0, 0.1) is 5.92 Å². The molecule has 5 rings (SSSR count). The van der Waals surface area contributed by atoms with Crippen LogP contribution in [0.4, 0.5) is 0 Å². The fourth-order valence-corrected chi connectivity index (χ4v) is 6.90. The fraction of sp³-hybridized carbons (Fsp3) is 0.696.